The van der Waals surface area contributed by atoms with Crippen molar-refractivity contribution in [3.63, 3.8) is 0 Å². The summed E-state index contributed by atoms with van der Waals surface area (Å²) in [6.07, 6.45) is 1.79. The molecule has 0 saturated carbocycles. The summed E-state index contributed by atoms with van der Waals surface area (Å²) < 4.78 is 0. The van der Waals surface area contributed by atoms with Crippen LogP contribution >= 0.6 is 23.2 Å². The molecule has 0 saturated heterocycles. The van der Waals surface area contributed by atoms with Gasteiger partial charge in [0.05, 0.1) is 5.69 Å². The van der Waals surface area contributed by atoms with E-state index in [4.69, 9.17) is 23.2 Å². The van der Waals surface area contributed by atoms with E-state index in [1.54, 1.807) is 12.1 Å². The van der Waals surface area contributed by atoms with E-state index in [0.717, 1.165) is 18.4 Å². The lowest BCUT2D eigenvalue weighted by Crippen LogP contribution is -2.22. The summed E-state index contributed by atoms with van der Waals surface area (Å²) in [5.74, 6) is 1.16. The van der Waals surface area contributed by atoms with E-state index in [1.165, 1.54) is 17.2 Å². The Morgan fingerprint density at radius 3 is 2.18 bits per heavy atom. The molecule has 0 radical (unpaired) electrons. The van der Waals surface area contributed by atoms with Crippen molar-refractivity contribution in [2.45, 2.75) is 25.4 Å². The molecule has 0 unspecified atom stereocenters. The van der Waals surface area contributed by atoms with Crippen LogP contribution in [0, 0.1) is 0 Å². The summed E-state index contributed by atoms with van der Waals surface area (Å²) >= 11 is 12.1. The van der Waals surface area contributed by atoms with Crippen LogP contribution in [0.15, 0.2) is 66.7 Å². The molecule has 3 aromatic carbocycles. The van der Waals surface area contributed by atoms with Crippen LogP contribution in [0.2, 0.25) is 10.0 Å². The molecule has 4 N–H and O–H groups in total. The number of anilines is 4. The first kappa shape index (κ1) is 22.3. The van der Waals surface area contributed by atoms with Gasteiger partial charge in [-0.2, -0.15) is 15.0 Å². The summed E-state index contributed by atoms with van der Waals surface area (Å²) in [4.78, 5) is 13.6. The van der Waals surface area contributed by atoms with Crippen LogP contribution in [0.4, 0.5) is 23.5 Å². The molecular weight excluding hydrogens is 471 g/mol. The van der Waals surface area contributed by atoms with Gasteiger partial charge in [0.2, 0.25) is 17.8 Å². The van der Waals surface area contributed by atoms with E-state index < -0.39 is 0 Å². The second-order valence-corrected chi connectivity index (χ2v) is 8.96. The predicted molar refractivity (Wildman–Crippen MR) is 136 cm³/mol. The Morgan fingerprint density at radius 2 is 1.44 bits per heavy atom. The van der Waals surface area contributed by atoms with Crippen molar-refractivity contribution in [3.05, 3.63) is 93.5 Å². The van der Waals surface area contributed by atoms with Crippen molar-refractivity contribution in [2.75, 3.05) is 16.0 Å². The highest BCUT2D eigenvalue weighted by Crippen LogP contribution is 2.29. The predicted octanol–water partition coefficient (Wildman–Crippen LogP) is 5.82. The summed E-state index contributed by atoms with van der Waals surface area (Å²) in [6.45, 7) is 0.511. The molecule has 0 atom stereocenters. The van der Waals surface area contributed by atoms with E-state index >= 15 is 0 Å². The van der Waals surface area contributed by atoms with Crippen LogP contribution in [0.5, 0.6) is 5.75 Å². The molecule has 0 bridgehead atoms. The van der Waals surface area contributed by atoms with E-state index in [2.05, 4.69) is 55.2 Å². The van der Waals surface area contributed by atoms with Gasteiger partial charge in [0.25, 0.3) is 0 Å². The fourth-order valence-electron chi connectivity index (χ4n) is 3.93. The van der Waals surface area contributed by atoms with E-state index in [1.807, 2.05) is 24.3 Å². The lowest BCUT2D eigenvalue weighted by atomic mass is 10.1. The quantitative estimate of drug-likeness (QED) is 0.241. The maximum atomic E-state index is 10.2. The molecule has 34 heavy (non-hydrogen) atoms. The fraction of sp³-hybridized carbons (Fsp3) is 0.160. The minimum atomic E-state index is 0.0428. The molecule has 1 aliphatic carbocycles. The summed E-state index contributed by atoms with van der Waals surface area (Å²) in [7, 11) is 0. The summed E-state index contributed by atoms with van der Waals surface area (Å²) in [5.41, 5.74) is 4.10. The highest BCUT2D eigenvalue weighted by Gasteiger charge is 2.22. The molecule has 1 aromatic heterocycles. The summed E-state index contributed by atoms with van der Waals surface area (Å²) in [5, 5.41) is 21.1. The third-order valence-electron chi connectivity index (χ3n) is 5.59. The molecule has 0 aliphatic heterocycles. The zero-order chi connectivity index (χ0) is 23.5. The van der Waals surface area contributed by atoms with E-state index in [9.17, 15) is 5.11 Å². The average molecular weight is 493 g/mol. The van der Waals surface area contributed by atoms with Gasteiger partial charge >= 0.3 is 0 Å². The van der Waals surface area contributed by atoms with Crippen molar-refractivity contribution >= 4 is 46.7 Å². The second kappa shape index (κ2) is 9.75. The Hall–Kier alpha value is -3.55. The standard InChI is InChI=1S/C25H22Cl2N6O/c26-18-7-5-15(6-8-18)14-28-23-31-24(29-20-11-16-3-1-2-4-17(16)12-20)33-25(32-23)30-21-13-19(27)9-10-22(21)34/h1-10,13,20,34H,11-12,14H2,(H3,28,29,30,31,32,33). The summed E-state index contributed by atoms with van der Waals surface area (Å²) in [6, 6.07) is 20.9. The normalized spacial score (nSPS) is 12.9. The fourth-order valence-corrected chi connectivity index (χ4v) is 4.23. The van der Waals surface area contributed by atoms with E-state index in [-0.39, 0.29) is 17.7 Å². The number of phenols is 1. The number of phenolic OH excluding ortho intramolecular Hbond substituents is 1. The monoisotopic (exact) mass is 492 g/mol. The number of hydrogen-bond acceptors (Lipinski definition) is 7. The number of nitrogens with one attached hydrogen (secondary N) is 3. The van der Waals surface area contributed by atoms with Crippen molar-refractivity contribution in [1.29, 1.82) is 0 Å². The topological polar surface area (TPSA) is 95.0 Å². The van der Waals surface area contributed by atoms with Crippen molar-refractivity contribution < 1.29 is 5.11 Å². The first-order valence-electron chi connectivity index (χ1n) is 10.8. The minimum Gasteiger partial charge on any atom is -0.506 e. The molecule has 4 aromatic rings. The molecule has 1 heterocycles. The molecule has 1 aliphatic rings. The van der Waals surface area contributed by atoms with E-state index in [0.29, 0.717) is 34.2 Å². The number of aromatic nitrogens is 3. The van der Waals surface area contributed by atoms with Gasteiger partial charge < -0.3 is 21.1 Å². The number of benzene rings is 3. The Morgan fingerprint density at radius 1 is 0.794 bits per heavy atom. The third-order valence-corrected chi connectivity index (χ3v) is 6.08. The van der Waals surface area contributed by atoms with Crippen molar-refractivity contribution in [2.24, 2.45) is 0 Å². The van der Waals surface area contributed by atoms with Gasteiger partial charge in [0.15, 0.2) is 0 Å². The first-order chi connectivity index (χ1) is 16.5. The lowest BCUT2D eigenvalue weighted by molar-refractivity contribution is 0.477. The molecule has 9 heteroatoms. The zero-order valence-corrected chi connectivity index (χ0v) is 19.6. The lowest BCUT2D eigenvalue weighted by Gasteiger charge is -2.15. The highest BCUT2D eigenvalue weighted by atomic mass is 35.5. The van der Waals surface area contributed by atoms with Crippen LogP contribution < -0.4 is 16.0 Å². The van der Waals surface area contributed by atoms with Crippen LogP contribution in [0.3, 0.4) is 0 Å². The average Bonchev–Trinajstić information content (AvgIpc) is 3.23. The van der Waals surface area contributed by atoms with Gasteiger partial charge in [0, 0.05) is 22.6 Å². The SMILES string of the molecule is Oc1ccc(Cl)cc1Nc1nc(NCc2ccc(Cl)cc2)nc(NC2Cc3ccccc3C2)n1. The van der Waals surface area contributed by atoms with Gasteiger partial charge in [-0.3, -0.25) is 0 Å². The molecule has 7 nitrogen and oxygen atoms in total. The van der Waals surface area contributed by atoms with Gasteiger partial charge in [-0.1, -0.05) is 59.6 Å². The number of fused-ring (bicyclic) bond motifs is 1. The molecule has 5 rings (SSSR count). The smallest absolute Gasteiger partial charge is 0.233 e. The maximum absolute atomic E-state index is 10.2. The molecule has 0 spiro atoms. The Bertz CT molecular complexity index is 1290. The number of hydrogen-bond donors (Lipinski definition) is 4. The van der Waals surface area contributed by atoms with Crippen molar-refractivity contribution in [1.82, 2.24) is 15.0 Å². The Balaban J connectivity index is 1.38. The van der Waals surface area contributed by atoms with Crippen LogP contribution in [-0.2, 0) is 19.4 Å². The van der Waals surface area contributed by atoms with Gasteiger partial charge in [-0.05, 0) is 59.9 Å². The number of rotatable bonds is 7. The van der Waals surface area contributed by atoms with Gasteiger partial charge in [0.1, 0.15) is 5.75 Å². The Labute approximate surface area is 207 Å². The molecule has 0 amide bonds. The maximum Gasteiger partial charge on any atom is 0.233 e. The van der Waals surface area contributed by atoms with Crippen LogP contribution in [0.25, 0.3) is 0 Å². The first-order valence-corrected chi connectivity index (χ1v) is 11.6. The largest absolute Gasteiger partial charge is 0.506 e. The zero-order valence-electron chi connectivity index (χ0n) is 18.1. The number of halogens is 2. The number of aromatic hydroxyl groups is 1. The molecular formula is C25H22Cl2N6O. The third kappa shape index (κ3) is 5.32. The Kier molecular flexibility index (Phi) is 6.38. The molecule has 0 fully saturated rings. The van der Waals surface area contributed by atoms with Gasteiger partial charge in [-0.15, -0.1) is 0 Å². The van der Waals surface area contributed by atoms with Crippen molar-refractivity contribution in [3.8, 4) is 5.75 Å². The van der Waals surface area contributed by atoms with Gasteiger partial charge in [-0.25, -0.2) is 0 Å². The minimum absolute atomic E-state index is 0.0428. The molecule has 172 valence electrons. The van der Waals surface area contributed by atoms with Crippen LogP contribution in [0.1, 0.15) is 16.7 Å². The highest BCUT2D eigenvalue weighted by molar-refractivity contribution is 6.31. The number of nitrogens with zero attached hydrogens (tertiary/aromatic N) is 3. The second-order valence-electron chi connectivity index (χ2n) is 8.09. The van der Waals surface area contributed by atoms with Crippen LogP contribution in [-0.4, -0.2) is 26.1 Å².